The summed E-state index contributed by atoms with van der Waals surface area (Å²) in [7, 11) is 0. The SMILES string of the molecule is Cc1ccc2nc(NC(=O)c3nn4c(C(F)(F)F)cc(C)nc4c3Cl)sc2c1. The molecule has 1 aromatic carbocycles. The van der Waals surface area contributed by atoms with Gasteiger partial charge >= 0.3 is 6.18 Å². The summed E-state index contributed by atoms with van der Waals surface area (Å²) in [4.78, 5) is 20.8. The molecule has 3 aromatic heterocycles. The third-order valence-corrected chi connectivity index (χ3v) is 5.21. The van der Waals surface area contributed by atoms with Gasteiger partial charge in [-0.05, 0) is 37.6 Å². The highest BCUT2D eigenvalue weighted by Crippen LogP contribution is 2.33. The zero-order valence-corrected chi connectivity index (χ0v) is 16.0. The predicted octanol–water partition coefficient (Wildman–Crippen LogP) is 4.88. The van der Waals surface area contributed by atoms with Gasteiger partial charge in [0.1, 0.15) is 10.7 Å². The summed E-state index contributed by atoms with van der Waals surface area (Å²) in [6.07, 6.45) is -4.68. The number of thiazole rings is 1. The molecule has 4 rings (SSSR count). The van der Waals surface area contributed by atoms with Gasteiger partial charge in [-0.15, -0.1) is 0 Å². The Hall–Kier alpha value is -2.72. The van der Waals surface area contributed by atoms with Crippen LogP contribution in [0.3, 0.4) is 0 Å². The van der Waals surface area contributed by atoms with Gasteiger partial charge in [0.2, 0.25) is 0 Å². The summed E-state index contributed by atoms with van der Waals surface area (Å²) in [5, 5.41) is 6.32. The number of amides is 1. The second kappa shape index (κ2) is 6.42. The quantitative estimate of drug-likeness (QED) is 0.497. The van der Waals surface area contributed by atoms with Gasteiger partial charge in [-0.2, -0.15) is 18.3 Å². The number of aromatic nitrogens is 4. The number of halogens is 4. The number of nitrogens with zero attached hydrogens (tertiary/aromatic N) is 4. The van der Waals surface area contributed by atoms with E-state index in [1.807, 2.05) is 25.1 Å². The Balaban J connectivity index is 1.75. The third-order valence-electron chi connectivity index (χ3n) is 3.93. The van der Waals surface area contributed by atoms with Crippen molar-refractivity contribution in [3.8, 4) is 0 Å². The minimum atomic E-state index is -4.68. The molecule has 0 radical (unpaired) electrons. The number of carbonyl (C=O) groups is 1. The summed E-state index contributed by atoms with van der Waals surface area (Å²) in [6, 6.07) is 6.47. The second-order valence-electron chi connectivity index (χ2n) is 6.12. The van der Waals surface area contributed by atoms with Gasteiger partial charge < -0.3 is 0 Å². The first kappa shape index (κ1) is 18.6. The number of nitrogens with one attached hydrogen (secondary N) is 1. The van der Waals surface area contributed by atoms with E-state index < -0.39 is 17.8 Å². The minimum Gasteiger partial charge on any atom is -0.296 e. The van der Waals surface area contributed by atoms with Crippen LogP contribution in [0.2, 0.25) is 5.02 Å². The molecular formula is C17H11ClF3N5OS. The third kappa shape index (κ3) is 3.18. The summed E-state index contributed by atoms with van der Waals surface area (Å²) in [6.45, 7) is 3.34. The molecule has 0 fully saturated rings. The normalized spacial score (nSPS) is 12.1. The molecule has 0 aliphatic rings. The fraction of sp³-hybridized carbons (Fsp3) is 0.176. The Morgan fingerprint density at radius 2 is 1.96 bits per heavy atom. The van der Waals surface area contributed by atoms with E-state index in [1.54, 1.807) is 0 Å². The first-order valence-electron chi connectivity index (χ1n) is 7.95. The van der Waals surface area contributed by atoms with Gasteiger partial charge in [-0.3, -0.25) is 10.1 Å². The maximum Gasteiger partial charge on any atom is 0.433 e. The molecule has 6 nitrogen and oxygen atoms in total. The average Bonchev–Trinajstić information content (AvgIpc) is 3.14. The Kier molecular flexibility index (Phi) is 4.27. The predicted molar refractivity (Wildman–Crippen MR) is 100 cm³/mol. The van der Waals surface area contributed by atoms with Crippen molar-refractivity contribution in [1.29, 1.82) is 0 Å². The first-order valence-corrected chi connectivity index (χ1v) is 9.14. The molecule has 4 aromatic rings. The van der Waals surface area contributed by atoms with Crippen molar-refractivity contribution in [1.82, 2.24) is 19.6 Å². The molecule has 0 bridgehead atoms. The number of fused-ring (bicyclic) bond motifs is 2. The van der Waals surface area contributed by atoms with E-state index in [9.17, 15) is 18.0 Å². The van der Waals surface area contributed by atoms with Crippen LogP contribution >= 0.6 is 22.9 Å². The van der Waals surface area contributed by atoms with E-state index in [-0.39, 0.29) is 22.1 Å². The van der Waals surface area contributed by atoms with Crippen molar-refractivity contribution in [3.63, 3.8) is 0 Å². The Bertz CT molecular complexity index is 1250. The van der Waals surface area contributed by atoms with Gasteiger partial charge in [-0.25, -0.2) is 14.5 Å². The lowest BCUT2D eigenvalue weighted by Gasteiger charge is -2.09. The fourth-order valence-corrected chi connectivity index (χ4v) is 3.91. The summed E-state index contributed by atoms with van der Waals surface area (Å²) < 4.78 is 41.3. The molecule has 0 spiro atoms. The minimum absolute atomic E-state index is 0.107. The molecule has 3 heterocycles. The molecule has 0 aliphatic heterocycles. The first-order chi connectivity index (χ1) is 13.1. The Labute approximate surface area is 165 Å². The standard InChI is InChI=1S/C17H11ClF3N5OS/c1-7-3-4-9-10(5-7)28-16(23-9)24-15(27)13-12(18)14-22-8(2)6-11(17(19,20)21)26(14)25-13/h3-6H,1-2H3,(H,23,24,27). The van der Waals surface area contributed by atoms with Crippen LogP contribution < -0.4 is 5.32 Å². The van der Waals surface area contributed by atoms with Crippen molar-refractivity contribution >= 4 is 49.8 Å². The van der Waals surface area contributed by atoms with E-state index >= 15 is 0 Å². The number of carbonyl (C=O) groups excluding carboxylic acids is 1. The average molecular weight is 426 g/mol. The number of hydrogen-bond acceptors (Lipinski definition) is 5. The van der Waals surface area contributed by atoms with Gasteiger partial charge in [0, 0.05) is 5.69 Å². The Morgan fingerprint density at radius 3 is 2.68 bits per heavy atom. The zero-order chi connectivity index (χ0) is 20.2. The maximum absolute atomic E-state index is 13.3. The topological polar surface area (TPSA) is 72.2 Å². The molecule has 11 heteroatoms. The smallest absolute Gasteiger partial charge is 0.296 e. The summed E-state index contributed by atoms with van der Waals surface area (Å²) in [5.41, 5.74) is 0.184. The largest absolute Gasteiger partial charge is 0.433 e. The van der Waals surface area contributed by atoms with E-state index in [4.69, 9.17) is 11.6 Å². The number of rotatable bonds is 2. The van der Waals surface area contributed by atoms with Crippen LogP contribution in [0, 0.1) is 13.8 Å². The zero-order valence-electron chi connectivity index (χ0n) is 14.4. The highest BCUT2D eigenvalue weighted by atomic mass is 35.5. The number of anilines is 1. The van der Waals surface area contributed by atoms with Crippen molar-refractivity contribution in [2.45, 2.75) is 20.0 Å². The van der Waals surface area contributed by atoms with Crippen LogP contribution in [0.25, 0.3) is 15.9 Å². The number of hydrogen-bond donors (Lipinski definition) is 1. The van der Waals surface area contributed by atoms with E-state index in [2.05, 4.69) is 20.4 Å². The molecule has 1 N–H and O–H groups in total. The molecule has 0 unspecified atom stereocenters. The molecule has 144 valence electrons. The van der Waals surface area contributed by atoms with Crippen molar-refractivity contribution in [2.24, 2.45) is 0 Å². The highest BCUT2D eigenvalue weighted by Gasteiger charge is 2.36. The van der Waals surface area contributed by atoms with E-state index in [0.717, 1.165) is 16.3 Å². The molecule has 0 saturated heterocycles. The molecule has 1 amide bonds. The van der Waals surface area contributed by atoms with E-state index in [1.165, 1.54) is 18.3 Å². The maximum atomic E-state index is 13.3. The van der Waals surface area contributed by atoms with Crippen LogP contribution in [0.15, 0.2) is 24.3 Å². The van der Waals surface area contributed by atoms with E-state index in [0.29, 0.717) is 15.2 Å². The van der Waals surface area contributed by atoms with Crippen molar-refractivity contribution in [2.75, 3.05) is 5.32 Å². The van der Waals surface area contributed by atoms with Crippen molar-refractivity contribution < 1.29 is 18.0 Å². The monoisotopic (exact) mass is 425 g/mol. The lowest BCUT2D eigenvalue weighted by Crippen LogP contribution is -2.15. The van der Waals surface area contributed by atoms with Crippen LogP contribution in [0.1, 0.15) is 27.4 Å². The van der Waals surface area contributed by atoms with Gasteiger partial charge in [0.05, 0.1) is 10.2 Å². The van der Waals surface area contributed by atoms with Crippen LogP contribution in [0.5, 0.6) is 0 Å². The Morgan fingerprint density at radius 1 is 1.21 bits per heavy atom. The number of benzene rings is 1. The lowest BCUT2D eigenvalue weighted by molar-refractivity contribution is -0.142. The number of aryl methyl sites for hydroxylation is 2. The van der Waals surface area contributed by atoms with Crippen molar-refractivity contribution in [3.05, 3.63) is 51.9 Å². The summed E-state index contributed by atoms with van der Waals surface area (Å²) >= 11 is 7.36. The highest BCUT2D eigenvalue weighted by molar-refractivity contribution is 7.22. The van der Waals surface area contributed by atoms with Crippen LogP contribution in [0.4, 0.5) is 18.3 Å². The van der Waals surface area contributed by atoms with Crippen LogP contribution in [-0.4, -0.2) is 25.5 Å². The molecular weight excluding hydrogens is 415 g/mol. The van der Waals surface area contributed by atoms with Gasteiger partial charge in [0.25, 0.3) is 5.91 Å². The number of alkyl halides is 3. The lowest BCUT2D eigenvalue weighted by atomic mass is 10.2. The fourth-order valence-electron chi connectivity index (χ4n) is 2.70. The summed E-state index contributed by atoms with van der Waals surface area (Å²) in [5.74, 6) is -0.767. The molecule has 0 atom stereocenters. The second-order valence-corrected chi connectivity index (χ2v) is 7.53. The van der Waals surface area contributed by atoms with Crippen LogP contribution in [-0.2, 0) is 6.18 Å². The van der Waals surface area contributed by atoms with Gasteiger partial charge in [-0.1, -0.05) is 29.0 Å². The molecule has 0 aliphatic carbocycles. The molecule has 28 heavy (non-hydrogen) atoms. The van der Waals surface area contributed by atoms with Gasteiger partial charge in [0.15, 0.2) is 16.5 Å². The molecule has 0 saturated carbocycles.